The van der Waals surface area contributed by atoms with Gasteiger partial charge in [0.05, 0.1) is 6.61 Å². The van der Waals surface area contributed by atoms with Gasteiger partial charge in [-0.15, -0.1) is 0 Å². The highest BCUT2D eigenvalue weighted by Crippen LogP contribution is 2.37. The Hall–Kier alpha value is -0.810. The summed E-state index contributed by atoms with van der Waals surface area (Å²) >= 11 is 1.21. The molecule has 0 amide bonds. The van der Waals surface area contributed by atoms with Crippen molar-refractivity contribution in [1.82, 2.24) is 0 Å². The Kier molecular flexibility index (Phi) is 3.11. The van der Waals surface area contributed by atoms with Crippen LogP contribution in [0.4, 0.5) is 8.78 Å². The normalized spacial score (nSPS) is 19.5. The van der Waals surface area contributed by atoms with E-state index in [1.807, 2.05) is 0 Å². The number of halogens is 2. The van der Waals surface area contributed by atoms with Gasteiger partial charge in [-0.3, -0.25) is 5.14 Å². The van der Waals surface area contributed by atoms with Crippen molar-refractivity contribution in [1.29, 1.82) is 0 Å². The highest BCUT2D eigenvalue weighted by atomic mass is 32.2. The molecule has 1 atom stereocenters. The topological polar surface area (TPSA) is 35.2 Å². The molecule has 2 nitrogen and oxygen atoms in total. The molecule has 0 saturated heterocycles. The number of nitrogens with two attached hydrogens (primary N) is 1. The number of fused-ring (bicyclic) bond motifs is 1. The molecule has 2 rings (SSSR count). The van der Waals surface area contributed by atoms with Crippen molar-refractivity contribution in [3.63, 3.8) is 0 Å². The van der Waals surface area contributed by atoms with Crippen LogP contribution in [0.1, 0.15) is 17.9 Å². The van der Waals surface area contributed by atoms with Gasteiger partial charge in [-0.25, -0.2) is 4.39 Å². The smallest absolute Gasteiger partial charge is 0.200 e. The summed E-state index contributed by atoms with van der Waals surface area (Å²) in [5, 5.41) is 5.39. The molecule has 15 heavy (non-hydrogen) atoms. The number of rotatable bonds is 2. The molecule has 5 heteroatoms. The van der Waals surface area contributed by atoms with Gasteiger partial charge in [0.25, 0.3) is 0 Å². The van der Waals surface area contributed by atoms with Gasteiger partial charge in [0, 0.05) is 17.2 Å². The summed E-state index contributed by atoms with van der Waals surface area (Å²) in [6.45, 7) is 0.415. The molecule has 1 aromatic rings. The van der Waals surface area contributed by atoms with Crippen molar-refractivity contribution in [2.45, 2.75) is 12.3 Å². The van der Waals surface area contributed by atoms with Crippen LogP contribution in [0.25, 0.3) is 0 Å². The summed E-state index contributed by atoms with van der Waals surface area (Å²) in [5.74, 6) is -0.852. The molecule has 82 valence electrons. The van der Waals surface area contributed by atoms with Crippen LogP contribution in [0.3, 0.4) is 0 Å². The van der Waals surface area contributed by atoms with E-state index in [1.165, 1.54) is 11.9 Å². The highest BCUT2D eigenvalue weighted by molar-refractivity contribution is 7.97. The van der Waals surface area contributed by atoms with Crippen LogP contribution in [0.15, 0.2) is 12.1 Å². The molecule has 1 aliphatic rings. The van der Waals surface area contributed by atoms with Crippen molar-refractivity contribution in [3.8, 4) is 5.75 Å². The predicted molar refractivity (Wildman–Crippen MR) is 55.9 cm³/mol. The van der Waals surface area contributed by atoms with Gasteiger partial charge in [-0.2, -0.15) is 4.39 Å². The molecule has 0 saturated carbocycles. The maximum Gasteiger partial charge on any atom is 0.200 e. The van der Waals surface area contributed by atoms with E-state index in [4.69, 9.17) is 9.88 Å². The molecule has 0 fully saturated rings. The van der Waals surface area contributed by atoms with Crippen LogP contribution >= 0.6 is 11.9 Å². The quantitative estimate of drug-likeness (QED) is 0.794. The molecule has 0 radical (unpaired) electrons. The van der Waals surface area contributed by atoms with E-state index >= 15 is 0 Å². The minimum atomic E-state index is -0.890. The van der Waals surface area contributed by atoms with Crippen LogP contribution < -0.4 is 9.88 Å². The molecular formula is C10H11F2NOS. The van der Waals surface area contributed by atoms with Crippen LogP contribution in [0.2, 0.25) is 0 Å². The molecule has 1 aromatic carbocycles. The lowest BCUT2D eigenvalue weighted by atomic mass is 9.94. The second-order valence-corrected chi connectivity index (χ2v) is 4.11. The molecule has 0 aliphatic carbocycles. The molecular weight excluding hydrogens is 220 g/mol. The molecule has 2 N–H and O–H groups in total. The van der Waals surface area contributed by atoms with E-state index in [0.717, 1.165) is 18.1 Å². The van der Waals surface area contributed by atoms with Gasteiger partial charge in [0.1, 0.15) is 0 Å². The minimum Gasteiger partial charge on any atom is -0.490 e. The summed E-state index contributed by atoms with van der Waals surface area (Å²) < 4.78 is 31.4. The van der Waals surface area contributed by atoms with Crippen molar-refractivity contribution >= 4 is 11.9 Å². The van der Waals surface area contributed by atoms with Gasteiger partial charge in [-0.1, -0.05) is 18.0 Å². The Morgan fingerprint density at radius 1 is 1.47 bits per heavy atom. The monoisotopic (exact) mass is 231 g/mol. The Morgan fingerprint density at radius 3 is 3.00 bits per heavy atom. The second-order valence-electron chi connectivity index (χ2n) is 3.45. The third kappa shape index (κ3) is 1.94. The van der Waals surface area contributed by atoms with E-state index in [9.17, 15) is 8.78 Å². The molecule has 1 unspecified atom stereocenters. The SMILES string of the molecule is NSCC1CCOc2c1ccc(F)c2F. The predicted octanol–water partition coefficient (Wildman–Crippen LogP) is 2.44. The van der Waals surface area contributed by atoms with Gasteiger partial charge in [-0.05, 0) is 12.5 Å². The zero-order chi connectivity index (χ0) is 10.8. The van der Waals surface area contributed by atoms with Gasteiger partial charge in [0.15, 0.2) is 11.6 Å². The number of ether oxygens (including phenoxy) is 1. The average Bonchev–Trinajstić information content (AvgIpc) is 2.25. The third-order valence-corrected chi connectivity index (χ3v) is 3.13. The summed E-state index contributed by atoms with van der Waals surface area (Å²) in [6.07, 6.45) is 0.794. The number of hydrogen-bond donors (Lipinski definition) is 1. The van der Waals surface area contributed by atoms with E-state index in [2.05, 4.69) is 0 Å². The maximum absolute atomic E-state index is 13.4. The fraction of sp³-hybridized carbons (Fsp3) is 0.400. The third-order valence-electron chi connectivity index (χ3n) is 2.53. The first-order valence-electron chi connectivity index (χ1n) is 4.66. The van der Waals surface area contributed by atoms with Crippen molar-refractivity contribution in [2.24, 2.45) is 5.14 Å². The van der Waals surface area contributed by atoms with Crippen LogP contribution in [-0.4, -0.2) is 12.4 Å². The average molecular weight is 231 g/mol. The van der Waals surface area contributed by atoms with Crippen LogP contribution in [0, 0.1) is 11.6 Å². The fourth-order valence-electron chi connectivity index (χ4n) is 1.76. The molecule has 0 spiro atoms. The first-order valence-corrected chi connectivity index (χ1v) is 5.71. The van der Waals surface area contributed by atoms with E-state index in [-0.39, 0.29) is 11.7 Å². The first kappa shape index (κ1) is 10.7. The molecule has 0 aromatic heterocycles. The Labute approximate surface area is 90.9 Å². The van der Waals surface area contributed by atoms with Crippen molar-refractivity contribution in [3.05, 3.63) is 29.3 Å². The lowest BCUT2D eigenvalue weighted by Gasteiger charge is -2.25. The van der Waals surface area contributed by atoms with Crippen LogP contribution in [-0.2, 0) is 0 Å². The van der Waals surface area contributed by atoms with E-state index < -0.39 is 11.6 Å². The largest absolute Gasteiger partial charge is 0.490 e. The van der Waals surface area contributed by atoms with Gasteiger partial charge >= 0.3 is 0 Å². The Balaban J connectivity index is 2.40. The zero-order valence-electron chi connectivity index (χ0n) is 8.00. The summed E-state index contributed by atoms with van der Waals surface area (Å²) in [4.78, 5) is 0. The van der Waals surface area contributed by atoms with E-state index in [1.54, 1.807) is 6.07 Å². The van der Waals surface area contributed by atoms with Crippen LogP contribution in [0.5, 0.6) is 5.75 Å². The lowest BCUT2D eigenvalue weighted by molar-refractivity contribution is 0.254. The summed E-state index contributed by atoms with van der Waals surface area (Å²) in [6, 6.07) is 2.71. The van der Waals surface area contributed by atoms with Gasteiger partial charge < -0.3 is 4.74 Å². The Morgan fingerprint density at radius 2 is 2.27 bits per heavy atom. The summed E-state index contributed by atoms with van der Waals surface area (Å²) in [5.41, 5.74) is 0.720. The molecule has 0 bridgehead atoms. The molecule has 1 aliphatic heterocycles. The lowest BCUT2D eigenvalue weighted by Crippen LogP contribution is -2.18. The second kappa shape index (κ2) is 4.37. The number of benzene rings is 1. The van der Waals surface area contributed by atoms with Crippen molar-refractivity contribution < 1.29 is 13.5 Å². The summed E-state index contributed by atoms with van der Waals surface area (Å²) in [7, 11) is 0. The van der Waals surface area contributed by atoms with E-state index in [0.29, 0.717) is 12.4 Å². The first-order chi connectivity index (χ1) is 7.24. The zero-order valence-corrected chi connectivity index (χ0v) is 8.82. The minimum absolute atomic E-state index is 0.0558. The standard InChI is InChI=1S/C10H11F2NOS/c11-8-2-1-7-6(5-15-13)3-4-14-10(7)9(8)12/h1-2,6H,3-5,13H2. The fourth-order valence-corrected chi connectivity index (χ4v) is 2.34. The molecule has 1 heterocycles. The Bertz CT molecular complexity index is 373. The van der Waals surface area contributed by atoms with Gasteiger partial charge in [0.2, 0.25) is 5.82 Å². The maximum atomic E-state index is 13.4. The highest BCUT2D eigenvalue weighted by Gasteiger charge is 2.25. The van der Waals surface area contributed by atoms with Crippen molar-refractivity contribution in [2.75, 3.05) is 12.4 Å². The number of hydrogen-bond acceptors (Lipinski definition) is 3.